The van der Waals surface area contributed by atoms with Crippen molar-refractivity contribution in [3.05, 3.63) is 0 Å². The van der Waals surface area contributed by atoms with Crippen molar-refractivity contribution in [1.82, 2.24) is 0 Å². The molecule has 3 heteroatoms. The van der Waals surface area contributed by atoms with Crippen molar-refractivity contribution in [2.24, 2.45) is 0 Å². The van der Waals surface area contributed by atoms with E-state index in [1.54, 1.807) is 0 Å². The highest BCUT2D eigenvalue weighted by Crippen LogP contribution is 2.06. The van der Waals surface area contributed by atoms with Gasteiger partial charge in [-0.2, -0.15) is 0 Å². The van der Waals surface area contributed by atoms with E-state index in [4.69, 9.17) is 4.74 Å². The zero-order valence-corrected chi connectivity index (χ0v) is 15.2. The Balaban J connectivity index is 3.31. The molecular formula is C18H31BrO2. The van der Waals surface area contributed by atoms with Crippen LogP contribution in [0.4, 0.5) is 0 Å². The van der Waals surface area contributed by atoms with Gasteiger partial charge in [0.15, 0.2) is 0 Å². The second kappa shape index (κ2) is 17.6. The highest BCUT2D eigenvalue weighted by Gasteiger charge is 1.96. The Morgan fingerprint density at radius 1 is 0.905 bits per heavy atom. The monoisotopic (exact) mass is 358 g/mol. The minimum absolute atomic E-state index is 0.360. The molecule has 0 rings (SSSR count). The van der Waals surface area contributed by atoms with Crippen LogP contribution in [-0.4, -0.2) is 17.9 Å². The molecule has 122 valence electrons. The van der Waals surface area contributed by atoms with Gasteiger partial charge in [0.25, 0.3) is 0 Å². The molecule has 0 bridgehead atoms. The predicted molar refractivity (Wildman–Crippen MR) is 93.6 cm³/mol. The van der Waals surface area contributed by atoms with E-state index >= 15 is 0 Å². The van der Waals surface area contributed by atoms with E-state index in [2.05, 4.69) is 34.7 Å². The topological polar surface area (TPSA) is 26.3 Å². The quantitative estimate of drug-likeness (QED) is 0.140. The zero-order chi connectivity index (χ0) is 15.6. The lowest BCUT2D eigenvalue weighted by atomic mass is 10.1. The Morgan fingerprint density at radius 3 is 2.24 bits per heavy atom. The Hall–Kier alpha value is -0.490. The molecule has 2 nitrogen and oxygen atoms in total. The SMILES string of the molecule is CCCCCCCCC#CC(=O)OCCCCCCCBr. The number of carbonyl (C=O) groups excluding carboxylic acids is 1. The van der Waals surface area contributed by atoms with Crippen LogP contribution in [0.2, 0.25) is 0 Å². The molecule has 0 aliphatic heterocycles. The van der Waals surface area contributed by atoms with Crippen LogP contribution in [0.1, 0.15) is 84.0 Å². The third-order valence-electron chi connectivity index (χ3n) is 3.36. The molecule has 0 heterocycles. The zero-order valence-electron chi connectivity index (χ0n) is 13.6. The van der Waals surface area contributed by atoms with Crippen LogP contribution in [0, 0.1) is 11.8 Å². The fourth-order valence-electron chi connectivity index (χ4n) is 2.06. The van der Waals surface area contributed by atoms with Crippen molar-refractivity contribution in [2.75, 3.05) is 11.9 Å². The summed E-state index contributed by atoms with van der Waals surface area (Å²) in [4.78, 5) is 11.4. The summed E-state index contributed by atoms with van der Waals surface area (Å²) in [6.07, 6.45) is 14.1. The summed E-state index contributed by atoms with van der Waals surface area (Å²) in [5.41, 5.74) is 0. The fourth-order valence-corrected chi connectivity index (χ4v) is 2.45. The molecular weight excluding hydrogens is 328 g/mol. The van der Waals surface area contributed by atoms with Gasteiger partial charge in [-0.1, -0.05) is 80.1 Å². The van der Waals surface area contributed by atoms with E-state index in [1.807, 2.05) is 0 Å². The van der Waals surface area contributed by atoms with Crippen molar-refractivity contribution in [2.45, 2.75) is 84.0 Å². The largest absolute Gasteiger partial charge is 0.456 e. The molecule has 0 N–H and O–H groups in total. The van der Waals surface area contributed by atoms with E-state index in [1.165, 1.54) is 51.4 Å². The molecule has 0 aliphatic carbocycles. The molecule has 0 atom stereocenters. The number of alkyl halides is 1. The molecule has 0 amide bonds. The summed E-state index contributed by atoms with van der Waals surface area (Å²) < 4.78 is 5.09. The maximum atomic E-state index is 11.4. The molecule has 0 spiro atoms. The van der Waals surface area contributed by atoms with Gasteiger partial charge in [-0.25, -0.2) is 4.79 Å². The minimum atomic E-state index is -0.360. The standard InChI is InChI=1S/C18H31BrO2/c1-2-3-4-5-6-7-9-12-15-18(20)21-17-14-11-8-10-13-16-19/h2-11,13-14,16-17H2,1H3. The maximum Gasteiger partial charge on any atom is 0.384 e. The Morgan fingerprint density at radius 2 is 1.52 bits per heavy atom. The van der Waals surface area contributed by atoms with Crippen molar-refractivity contribution in [1.29, 1.82) is 0 Å². The van der Waals surface area contributed by atoms with Crippen LogP contribution in [0.25, 0.3) is 0 Å². The number of ether oxygens (including phenoxy) is 1. The Labute approximate surface area is 139 Å². The van der Waals surface area contributed by atoms with E-state index in [0.717, 1.165) is 31.0 Å². The second-order valence-corrected chi connectivity index (χ2v) is 6.21. The number of esters is 1. The first-order valence-corrected chi connectivity index (χ1v) is 9.65. The van der Waals surface area contributed by atoms with E-state index in [-0.39, 0.29) is 5.97 Å². The van der Waals surface area contributed by atoms with Crippen LogP contribution < -0.4 is 0 Å². The predicted octanol–water partition coefficient (Wildman–Crippen LogP) is 5.63. The third kappa shape index (κ3) is 17.5. The smallest absolute Gasteiger partial charge is 0.384 e. The molecule has 0 aliphatic rings. The van der Waals surface area contributed by atoms with Crippen LogP contribution in [0.3, 0.4) is 0 Å². The number of halogens is 1. The van der Waals surface area contributed by atoms with Gasteiger partial charge in [-0.15, -0.1) is 0 Å². The summed E-state index contributed by atoms with van der Waals surface area (Å²) in [5.74, 6) is 5.13. The maximum absolute atomic E-state index is 11.4. The first kappa shape index (κ1) is 20.5. The van der Waals surface area contributed by atoms with Gasteiger partial charge >= 0.3 is 5.97 Å². The lowest BCUT2D eigenvalue weighted by molar-refractivity contribution is -0.136. The van der Waals surface area contributed by atoms with E-state index < -0.39 is 0 Å². The summed E-state index contributed by atoms with van der Waals surface area (Å²) in [7, 11) is 0. The molecule has 0 unspecified atom stereocenters. The molecule has 0 radical (unpaired) electrons. The first-order chi connectivity index (χ1) is 10.3. The molecule has 0 aromatic heterocycles. The molecule has 0 aromatic rings. The van der Waals surface area contributed by atoms with Gasteiger partial charge in [-0.05, 0) is 19.3 Å². The molecule has 0 fully saturated rings. The number of hydrogen-bond acceptors (Lipinski definition) is 2. The summed E-state index contributed by atoms with van der Waals surface area (Å²) in [5, 5.41) is 1.08. The average Bonchev–Trinajstić information content (AvgIpc) is 2.49. The van der Waals surface area contributed by atoms with E-state index in [9.17, 15) is 4.79 Å². The number of carbonyl (C=O) groups is 1. The first-order valence-electron chi connectivity index (χ1n) is 8.52. The van der Waals surface area contributed by atoms with Crippen LogP contribution in [0.15, 0.2) is 0 Å². The normalized spacial score (nSPS) is 10.0. The number of rotatable bonds is 13. The van der Waals surface area contributed by atoms with Crippen molar-refractivity contribution < 1.29 is 9.53 Å². The highest BCUT2D eigenvalue weighted by molar-refractivity contribution is 9.09. The highest BCUT2D eigenvalue weighted by atomic mass is 79.9. The lowest BCUT2D eigenvalue weighted by Crippen LogP contribution is -2.02. The molecule has 0 saturated carbocycles. The second-order valence-electron chi connectivity index (χ2n) is 5.41. The van der Waals surface area contributed by atoms with Crippen LogP contribution in [-0.2, 0) is 9.53 Å². The van der Waals surface area contributed by atoms with Gasteiger partial charge in [0.05, 0.1) is 6.61 Å². The van der Waals surface area contributed by atoms with E-state index in [0.29, 0.717) is 6.61 Å². The van der Waals surface area contributed by atoms with Gasteiger partial charge in [0.1, 0.15) is 0 Å². The molecule has 21 heavy (non-hydrogen) atoms. The van der Waals surface area contributed by atoms with Crippen LogP contribution >= 0.6 is 15.9 Å². The minimum Gasteiger partial charge on any atom is -0.456 e. The summed E-state index contributed by atoms with van der Waals surface area (Å²) in [6, 6.07) is 0. The fraction of sp³-hybridized carbons (Fsp3) is 0.833. The van der Waals surface area contributed by atoms with Crippen molar-refractivity contribution in [3.63, 3.8) is 0 Å². The number of hydrogen-bond donors (Lipinski definition) is 0. The lowest BCUT2D eigenvalue weighted by Gasteiger charge is -2.00. The van der Waals surface area contributed by atoms with Gasteiger partial charge in [0, 0.05) is 17.7 Å². The Kier molecular flexibility index (Phi) is 17.2. The third-order valence-corrected chi connectivity index (χ3v) is 3.92. The Bertz CT molecular complexity index is 291. The van der Waals surface area contributed by atoms with Gasteiger partial charge < -0.3 is 4.74 Å². The average molecular weight is 359 g/mol. The summed E-state index contributed by atoms with van der Waals surface area (Å²) >= 11 is 3.42. The molecule has 0 aromatic carbocycles. The van der Waals surface area contributed by atoms with Crippen molar-refractivity contribution >= 4 is 21.9 Å². The van der Waals surface area contributed by atoms with Gasteiger partial charge in [0.2, 0.25) is 0 Å². The van der Waals surface area contributed by atoms with Crippen LogP contribution in [0.5, 0.6) is 0 Å². The van der Waals surface area contributed by atoms with Gasteiger partial charge in [-0.3, -0.25) is 0 Å². The van der Waals surface area contributed by atoms with Crippen molar-refractivity contribution in [3.8, 4) is 11.8 Å². The molecule has 0 saturated heterocycles. The number of unbranched alkanes of at least 4 members (excludes halogenated alkanes) is 10. The summed E-state index contributed by atoms with van der Waals surface area (Å²) in [6.45, 7) is 2.74.